The zero-order valence-corrected chi connectivity index (χ0v) is 29.4. The summed E-state index contributed by atoms with van der Waals surface area (Å²) in [5.74, 6) is -0.134. The Balaban J connectivity index is 1.59. The molecule has 1 atom stereocenters. The van der Waals surface area contributed by atoms with Crippen molar-refractivity contribution in [2.75, 3.05) is 25.1 Å². The van der Waals surface area contributed by atoms with Gasteiger partial charge in [-0.2, -0.15) is 0 Å². The normalized spacial score (nSPS) is 13.8. The lowest BCUT2D eigenvalue weighted by Crippen LogP contribution is -2.54. The molecule has 49 heavy (non-hydrogen) atoms. The summed E-state index contributed by atoms with van der Waals surface area (Å²) in [7, 11) is -1.40. The lowest BCUT2D eigenvalue weighted by Gasteiger charge is -2.34. The van der Waals surface area contributed by atoms with Crippen LogP contribution in [0.5, 0.6) is 11.5 Å². The van der Waals surface area contributed by atoms with Gasteiger partial charge in [0.05, 0.1) is 24.8 Å². The largest absolute Gasteiger partial charge is 0.493 e. The van der Waals surface area contributed by atoms with E-state index in [1.54, 1.807) is 29.2 Å². The first kappa shape index (κ1) is 35.5. The van der Waals surface area contributed by atoms with Crippen LogP contribution in [0.3, 0.4) is 0 Å². The summed E-state index contributed by atoms with van der Waals surface area (Å²) in [6.07, 6.45) is 4.13. The molecular weight excluding hydrogens is 639 g/mol. The molecule has 1 aliphatic rings. The average molecular weight is 684 g/mol. The van der Waals surface area contributed by atoms with Gasteiger partial charge in [0.2, 0.25) is 11.8 Å². The Labute approximate surface area is 289 Å². The molecule has 4 aromatic carbocycles. The van der Waals surface area contributed by atoms with Gasteiger partial charge in [0.1, 0.15) is 12.6 Å². The Morgan fingerprint density at radius 1 is 0.837 bits per heavy atom. The molecule has 2 amide bonds. The van der Waals surface area contributed by atoms with Crippen LogP contribution in [0.4, 0.5) is 5.69 Å². The standard InChI is InChI=1S/C39H45N3O6S/c1-28-18-20-33(21-19-28)42(49(45,46)34-22-23-36(47-3)37(25-34)48-4)27-38(43)41(26-31-15-9-8-12-29(31)2)35(24-30-13-6-5-7-14-30)39(44)40-32-16-10-11-17-32/h5-9,12-15,18-23,25,32,35H,10-11,16-17,24,26-27H2,1-4H3,(H,40,44). The van der Waals surface area contributed by atoms with Gasteiger partial charge < -0.3 is 19.7 Å². The van der Waals surface area contributed by atoms with Crippen molar-refractivity contribution < 1.29 is 27.5 Å². The number of rotatable bonds is 14. The number of hydrogen-bond acceptors (Lipinski definition) is 6. The molecule has 0 bridgehead atoms. The predicted octanol–water partition coefficient (Wildman–Crippen LogP) is 6.21. The molecule has 1 saturated carbocycles. The van der Waals surface area contributed by atoms with Crippen molar-refractivity contribution in [1.82, 2.24) is 10.2 Å². The molecule has 4 aromatic rings. The maximum absolute atomic E-state index is 14.8. The zero-order chi connectivity index (χ0) is 35.0. The number of amides is 2. The second kappa shape index (κ2) is 16.0. The first-order chi connectivity index (χ1) is 23.6. The fourth-order valence-corrected chi connectivity index (χ4v) is 7.67. The number of anilines is 1. The van der Waals surface area contributed by atoms with Crippen LogP contribution in [0.2, 0.25) is 0 Å². The van der Waals surface area contributed by atoms with E-state index >= 15 is 0 Å². The van der Waals surface area contributed by atoms with E-state index in [0.717, 1.165) is 52.2 Å². The highest BCUT2D eigenvalue weighted by Crippen LogP contribution is 2.33. The molecule has 9 nitrogen and oxygen atoms in total. The van der Waals surface area contributed by atoms with Gasteiger partial charge in [0.15, 0.2) is 11.5 Å². The van der Waals surface area contributed by atoms with E-state index in [9.17, 15) is 18.0 Å². The topological polar surface area (TPSA) is 105 Å². The first-order valence-corrected chi connectivity index (χ1v) is 18.0. The minimum Gasteiger partial charge on any atom is -0.493 e. The molecule has 0 aliphatic heterocycles. The average Bonchev–Trinajstić information content (AvgIpc) is 3.63. The van der Waals surface area contributed by atoms with Crippen LogP contribution in [0, 0.1) is 13.8 Å². The van der Waals surface area contributed by atoms with Crippen molar-refractivity contribution >= 4 is 27.5 Å². The number of carbonyl (C=O) groups excluding carboxylic acids is 2. The van der Waals surface area contributed by atoms with Crippen LogP contribution in [0.1, 0.15) is 47.9 Å². The number of nitrogens with zero attached hydrogens (tertiary/aromatic N) is 2. The number of hydrogen-bond donors (Lipinski definition) is 1. The van der Waals surface area contributed by atoms with Crippen molar-refractivity contribution in [3.8, 4) is 11.5 Å². The molecule has 10 heteroatoms. The molecule has 0 saturated heterocycles. The van der Waals surface area contributed by atoms with E-state index < -0.39 is 28.5 Å². The smallest absolute Gasteiger partial charge is 0.264 e. The van der Waals surface area contributed by atoms with Crippen molar-refractivity contribution in [2.45, 2.75) is 69.5 Å². The summed E-state index contributed by atoms with van der Waals surface area (Å²) in [4.78, 5) is 30.5. The van der Waals surface area contributed by atoms with Crippen LogP contribution >= 0.6 is 0 Å². The minimum atomic E-state index is -4.31. The SMILES string of the molecule is COc1ccc(S(=O)(=O)N(CC(=O)N(Cc2ccccc2C)C(Cc2ccccc2)C(=O)NC2CCCC2)c2ccc(C)cc2)cc1OC. The highest BCUT2D eigenvalue weighted by atomic mass is 32.2. The van der Waals surface area contributed by atoms with E-state index in [4.69, 9.17) is 9.47 Å². The number of methoxy groups -OCH3 is 2. The number of ether oxygens (including phenoxy) is 2. The van der Waals surface area contributed by atoms with Gasteiger partial charge in [-0.25, -0.2) is 8.42 Å². The fourth-order valence-electron chi connectivity index (χ4n) is 6.24. The van der Waals surface area contributed by atoms with Crippen LogP contribution in [-0.2, 0) is 32.6 Å². The van der Waals surface area contributed by atoms with Crippen LogP contribution < -0.4 is 19.1 Å². The molecule has 0 spiro atoms. The van der Waals surface area contributed by atoms with E-state index in [1.165, 1.54) is 32.4 Å². The van der Waals surface area contributed by atoms with Gasteiger partial charge in [0, 0.05) is 25.1 Å². The molecular formula is C39H45N3O6S. The monoisotopic (exact) mass is 683 g/mol. The zero-order valence-electron chi connectivity index (χ0n) is 28.6. The minimum absolute atomic E-state index is 0.0377. The van der Waals surface area contributed by atoms with Crippen molar-refractivity contribution in [1.29, 1.82) is 0 Å². The molecule has 258 valence electrons. The number of aryl methyl sites for hydroxylation is 2. The number of sulfonamides is 1. The highest BCUT2D eigenvalue weighted by Gasteiger charge is 2.36. The molecule has 1 aliphatic carbocycles. The van der Waals surface area contributed by atoms with Gasteiger partial charge in [-0.05, 0) is 67.6 Å². The molecule has 0 aromatic heterocycles. The molecule has 1 N–H and O–H groups in total. The van der Waals surface area contributed by atoms with Crippen molar-refractivity contribution in [2.24, 2.45) is 0 Å². The maximum Gasteiger partial charge on any atom is 0.264 e. The second-order valence-electron chi connectivity index (χ2n) is 12.5. The van der Waals surface area contributed by atoms with Crippen LogP contribution in [0.15, 0.2) is 102 Å². The van der Waals surface area contributed by atoms with E-state index in [0.29, 0.717) is 11.4 Å². The van der Waals surface area contributed by atoms with E-state index in [2.05, 4.69) is 5.32 Å². The summed E-state index contributed by atoms with van der Waals surface area (Å²) < 4.78 is 40.8. The van der Waals surface area contributed by atoms with Gasteiger partial charge in [-0.3, -0.25) is 13.9 Å². The summed E-state index contributed by atoms with van der Waals surface area (Å²) >= 11 is 0. The van der Waals surface area contributed by atoms with Gasteiger partial charge in [-0.1, -0.05) is 85.1 Å². The molecule has 1 unspecified atom stereocenters. The summed E-state index contributed by atoms with van der Waals surface area (Å²) in [6.45, 7) is 3.46. The summed E-state index contributed by atoms with van der Waals surface area (Å²) in [5, 5.41) is 3.22. The third-order valence-electron chi connectivity index (χ3n) is 9.12. The molecule has 1 fully saturated rings. The quantitative estimate of drug-likeness (QED) is 0.169. The lowest BCUT2D eigenvalue weighted by molar-refractivity contribution is -0.140. The number of carbonyl (C=O) groups is 2. The van der Waals surface area contributed by atoms with Crippen molar-refractivity contribution in [3.05, 3.63) is 119 Å². The van der Waals surface area contributed by atoms with Crippen LogP contribution in [0.25, 0.3) is 0 Å². The van der Waals surface area contributed by atoms with E-state index in [-0.39, 0.29) is 35.6 Å². The van der Waals surface area contributed by atoms with Crippen molar-refractivity contribution in [3.63, 3.8) is 0 Å². The Morgan fingerprint density at radius 2 is 1.49 bits per heavy atom. The number of nitrogens with one attached hydrogen (secondary N) is 1. The Morgan fingerprint density at radius 3 is 2.14 bits per heavy atom. The highest BCUT2D eigenvalue weighted by molar-refractivity contribution is 7.92. The van der Waals surface area contributed by atoms with Gasteiger partial charge in [-0.15, -0.1) is 0 Å². The Kier molecular flexibility index (Phi) is 11.6. The second-order valence-corrected chi connectivity index (χ2v) is 14.4. The van der Waals surface area contributed by atoms with Crippen LogP contribution in [-0.4, -0.2) is 58.0 Å². The lowest BCUT2D eigenvalue weighted by atomic mass is 10.0. The molecule has 5 rings (SSSR count). The van der Waals surface area contributed by atoms with Gasteiger partial charge in [0.25, 0.3) is 10.0 Å². The number of benzene rings is 4. The van der Waals surface area contributed by atoms with Gasteiger partial charge >= 0.3 is 0 Å². The first-order valence-electron chi connectivity index (χ1n) is 16.6. The third-order valence-corrected chi connectivity index (χ3v) is 10.9. The predicted molar refractivity (Wildman–Crippen MR) is 191 cm³/mol. The van der Waals surface area contributed by atoms with E-state index in [1.807, 2.05) is 68.4 Å². The summed E-state index contributed by atoms with van der Waals surface area (Å²) in [5.41, 5.74) is 3.98. The molecule has 0 radical (unpaired) electrons. The Hall–Kier alpha value is -4.83. The maximum atomic E-state index is 14.8. The summed E-state index contributed by atoms with van der Waals surface area (Å²) in [6, 6.07) is 27.8. The fraction of sp³-hybridized carbons (Fsp3) is 0.333. The Bertz CT molecular complexity index is 1840. The molecule has 0 heterocycles. The third kappa shape index (κ3) is 8.61.